The van der Waals surface area contributed by atoms with Crippen LogP contribution in [0.1, 0.15) is 0 Å². The maximum Gasteiger partial charge on any atom is 0.136 e. The Morgan fingerprint density at radius 2 is 0.862 bits per heavy atom. The first kappa shape index (κ1) is 36.9. The highest BCUT2D eigenvalue weighted by atomic mass is 16.3. The number of para-hydroxylation sites is 4. The first-order valence-corrected chi connectivity index (χ1v) is 22.2. The number of anilines is 3. The van der Waals surface area contributed by atoms with E-state index in [1.165, 1.54) is 60.0 Å². The van der Waals surface area contributed by atoms with Crippen LogP contribution in [0.25, 0.3) is 104 Å². The summed E-state index contributed by atoms with van der Waals surface area (Å²) in [5.74, 6) is 0. The first-order chi connectivity index (χ1) is 32.2. The highest BCUT2D eigenvalue weighted by Gasteiger charge is 2.20. The number of fused-ring (bicyclic) bond motifs is 9. The Kier molecular flexibility index (Phi) is 8.53. The van der Waals surface area contributed by atoms with Crippen molar-refractivity contribution in [1.29, 1.82) is 0 Å². The number of rotatable bonds is 7. The van der Waals surface area contributed by atoms with E-state index in [1.807, 2.05) is 12.1 Å². The van der Waals surface area contributed by atoms with Crippen molar-refractivity contribution >= 4 is 82.4 Å². The van der Waals surface area contributed by atoms with Gasteiger partial charge in [0.05, 0.1) is 16.7 Å². The van der Waals surface area contributed by atoms with Crippen molar-refractivity contribution < 1.29 is 4.42 Å². The molecule has 0 aliphatic heterocycles. The normalized spacial score (nSPS) is 11.7. The average Bonchev–Trinajstić information content (AvgIpc) is 3.92. The zero-order chi connectivity index (χ0) is 42.8. The molecule has 0 bridgehead atoms. The van der Waals surface area contributed by atoms with Crippen molar-refractivity contribution in [1.82, 2.24) is 4.57 Å². The van der Waals surface area contributed by atoms with Crippen molar-refractivity contribution in [2.24, 2.45) is 0 Å². The van der Waals surface area contributed by atoms with Gasteiger partial charge >= 0.3 is 0 Å². The van der Waals surface area contributed by atoms with Gasteiger partial charge in [-0.1, -0.05) is 164 Å². The molecule has 0 fully saturated rings. The monoisotopic (exact) mass is 828 g/mol. The minimum atomic E-state index is 0.883. The van der Waals surface area contributed by atoms with Crippen LogP contribution in [-0.4, -0.2) is 4.57 Å². The van der Waals surface area contributed by atoms with Gasteiger partial charge in [-0.25, -0.2) is 0 Å². The van der Waals surface area contributed by atoms with Gasteiger partial charge in [0.1, 0.15) is 11.2 Å². The number of nitrogens with zero attached hydrogens (tertiary/aromatic N) is 2. The van der Waals surface area contributed by atoms with E-state index in [4.69, 9.17) is 4.42 Å². The molecule has 13 rings (SSSR count). The van der Waals surface area contributed by atoms with Crippen LogP contribution in [0.3, 0.4) is 0 Å². The molecule has 0 amide bonds. The van der Waals surface area contributed by atoms with Crippen molar-refractivity contribution in [3.05, 3.63) is 243 Å². The SMILES string of the molecule is c1cc(-c2ccc(N(c3ccc4c(ccc5ccccc54)c3)c3ccccc3-c3ccc4c(c3)oc3ccccc34)cc2)cc(-c2ccc(-n3c4ccccc4c4ccccc43)cc2)c1. The van der Waals surface area contributed by atoms with Crippen molar-refractivity contribution in [2.45, 2.75) is 0 Å². The highest BCUT2D eigenvalue weighted by molar-refractivity contribution is 6.11. The number of hydrogen-bond acceptors (Lipinski definition) is 2. The summed E-state index contributed by atoms with van der Waals surface area (Å²) in [5.41, 5.74) is 15.5. The zero-order valence-corrected chi connectivity index (χ0v) is 35.4. The van der Waals surface area contributed by atoms with E-state index in [0.29, 0.717) is 0 Å². The van der Waals surface area contributed by atoms with Crippen LogP contribution < -0.4 is 4.90 Å². The molecule has 65 heavy (non-hydrogen) atoms. The van der Waals surface area contributed by atoms with Gasteiger partial charge in [-0.3, -0.25) is 0 Å². The Balaban J connectivity index is 0.883. The third-order valence-corrected chi connectivity index (χ3v) is 13.2. The summed E-state index contributed by atoms with van der Waals surface area (Å²) < 4.78 is 8.76. The molecule has 0 radical (unpaired) electrons. The summed E-state index contributed by atoms with van der Waals surface area (Å²) in [6, 6.07) is 87.8. The largest absolute Gasteiger partial charge is 0.456 e. The summed E-state index contributed by atoms with van der Waals surface area (Å²) in [6.45, 7) is 0. The summed E-state index contributed by atoms with van der Waals surface area (Å²) in [6.07, 6.45) is 0. The smallest absolute Gasteiger partial charge is 0.136 e. The van der Waals surface area contributed by atoms with E-state index in [1.54, 1.807) is 0 Å². The molecule has 11 aromatic carbocycles. The van der Waals surface area contributed by atoms with Gasteiger partial charge in [-0.15, -0.1) is 0 Å². The van der Waals surface area contributed by atoms with Gasteiger partial charge in [-0.2, -0.15) is 0 Å². The Labute approximate surface area is 376 Å². The van der Waals surface area contributed by atoms with Crippen molar-refractivity contribution in [2.75, 3.05) is 4.90 Å². The van der Waals surface area contributed by atoms with Crippen LogP contribution in [0.4, 0.5) is 17.1 Å². The molecule has 2 heterocycles. The number of hydrogen-bond donors (Lipinski definition) is 0. The Morgan fingerprint density at radius 1 is 0.308 bits per heavy atom. The molecule has 0 aliphatic rings. The molecule has 0 spiro atoms. The van der Waals surface area contributed by atoms with E-state index in [0.717, 1.165) is 61.4 Å². The standard InChI is InChI=1S/C62H40N2O/c1-2-15-51-43(12-1)24-25-46-39-50(35-37-52(46)51)63(58-20-7-3-16-53(58)47-30-36-57-56-19-6-10-23-61(56)65-62(57)40-47)48-31-26-41(27-32-48)44-13-11-14-45(38-44)42-28-33-49(34-29-42)64-59-21-8-4-17-54(59)55-18-5-9-22-60(55)64/h1-40H. The van der Waals surface area contributed by atoms with E-state index in [2.05, 4.69) is 240 Å². The molecule has 304 valence electrons. The van der Waals surface area contributed by atoms with Crippen molar-refractivity contribution in [3.8, 4) is 39.1 Å². The minimum Gasteiger partial charge on any atom is -0.456 e. The number of aromatic nitrogens is 1. The second-order valence-electron chi connectivity index (χ2n) is 16.9. The van der Waals surface area contributed by atoms with Crippen LogP contribution >= 0.6 is 0 Å². The maximum atomic E-state index is 6.39. The van der Waals surface area contributed by atoms with Crippen molar-refractivity contribution in [3.63, 3.8) is 0 Å². The molecule has 0 saturated heterocycles. The quantitative estimate of drug-likeness (QED) is 0.149. The minimum absolute atomic E-state index is 0.883. The summed E-state index contributed by atoms with van der Waals surface area (Å²) in [5, 5.41) is 9.73. The van der Waals surface area contributed by atoms with Gasteiger partial charge in [-0.05, 0) is 128 Å². The number of benzene rings is 11. The van der Waals surface area contributed by atoms with E-state index < -0.39 is 0 Å². The predicted octanol–water partition coefficient (Wildman–Crippen LogP) is 17.5. The lowest BCUT2D eigenvalue weighted by molar-refractivity contribution is 0.669. The molecule has 3 heteroatoms. The van der Waals surface area contributed by atoms with Gasteiger partial charge < -0.3 is 13.9 Å². The molecular weight excluding hydrogens is 789 g/mol. The van der Waals surface area contributed by atoms with E-state index >= 15 is 0 Å². The second-order valence-corrected chi connectivity index (χ2v) is 16.9. The van der Waals surface area contributed by atoms with Crippen LogP contribution in [0, 0.1) is 0 Å². The lowest BCUT2D eigenvalue weighted by atomic mass is 9.97. The molecule has 2 aromatic heterocycles. The van der Waals surface area contributed by atoms with Crippen LogP contribution in [0.5, 0.6) is 0 Å². The molecule has 3 nitrogen and oxygen atoms in total. The number of furan rings is 1. The molecular formula is C62H40N2O. The fraction of sp³-hybridized carbons (Fsp3) is 0. The Bertz CT molecular complexity index is 3900. The topological polar surface area (TPSA) is 21.3 Å². The van der Waals surface area contributed by atoms with Crippen LogP contribution in [0.2, 0.25) is 0 Å². The van der Waals surface area contributed by atoms with Gasteiger partial charge in [0, 0.05) is 44.2 Å². The fourth-order valence-corrected chi connectivity index (χ4v) is 10.1. The fourth-order valence-electron chi connectivity index (χ4n) is 10.1. The highest BCUT2D eigenvalue weighted by Crippen LogP contribution is 2.44. The summed E-state index contributed by atoms with van der Waals surface area (Å²) >= 11 is 0. The lowest BCUT2D eigenvalue weighted by Gasteiger charge is -2.28. The molecule has 0 saturated carbocycles. The summed E-state index contributed by atoms with van der Waals surface area (Å²) in [4.78, 5) is 2.39. The Morgan fingerprint density at radius 3 is 1.63 bits per heavy atom. The molecule has 0 N–H and O–H groups in total. The molecule has 0 unspecified atom stereocenters. The third kappa shape index (κ3) is 6.20. The van der Waals surface area contributed by atoms with Gasteiger partial charge in [0.2, 0.25) is 0 Å². The van der Waals surface area contributed by atoms with Gasteiger partial charge in [0.15, 0.2) is 0 Å². The van der Waals surface area contributed by atoms with Gasteiger partial charge in [0.25, 0.3) is 0 Å². The van der Waals surface area contributed by atoms with E-state index in [-0.39, 0.29) is 0 Å². The zero-order valence-electron chi connectivity index (χ0n) is 35.4. The summed E-state index contributed by atoms with van der Waals surface area (Å²) in [7, 11) is 0. The third-order valence-electron chi connectivity index (χ3n) is 13.2. The average molecular weight is 829 g/mol. The van der Waals surface area contributed by atoms with E-state index in [9.17, 15) is 0 Å². The molecule has 13 aromatic rings. The Hall–Kier alpha value is -8.66. The van der Waals surface area contributed by atoms with Crippen LogP contribution in [0.15, 0.2) is 247 Å². The van der Waals surface area contributed by atoms with Crippen LogP contribution in [-0.2, 0) is 0 Å². The molecule has 0 aliphatic carbocycles. The predicted molar refractivity (Wildman–Crippen MR) is 274 cm³/mol. The second kappa shape index (κ2) is 15.0. The first-order valence-electron chi connectivity index (χ1n) is 22.2. The lowest BCUT2D eigenvalue weighted by Crippen LogP contribution is -2.11. The molecule has 0 atom stereocenters. The maximum absolute atomic E-state index is 6.39.